The molecule has 1 aromatic carbocycles. The van der Waals surface area contributed by atoms with Gasteiger partial charge in [-0.1, -0.05) is 18.9 Å². The van der Waals surface area contributed by atoms with Gasteiger partial charge in [0.2, 0.25) is 0 Å². The summed E-state index contributed by atoms with van der Waals surface area (Å²) < 4.78 is 13.2. The highest BCUT2D eigenvalue weighted by atomic mass is 19.1. The van der Waals surface area contributed by atoms with Gasteiger partial charge in [-0.25, -0.2) is 4.39 Å². The van der Waals surface area contributed by atoms with Crippen LogP contribution in [0.2, 0.25) is 0 Å². The van der Waals surface area contributed by atoms with Gasteiger partial charge in [0.25, 0.3) is 5.91 Å². The smallest absolute Gasteiger partial charge is 0.253 e. The second-order valence-electron chi connectivity index (χ2n) is 4.92. The minimum absolute atomic E-state index is 0.0772. The van der Waals surface area contributed by atoms with Crippen molar-refractivity contribution in [3.05, 3.63) is 29.6 Å². The molecular formula is C13H17FN2O. The molecule has 0 unspecified atom stereocenters. The predicted molar refractivity (Wildman–Crippen MR) is 65.2 cm³/mol. The summed E-state index contributed by atoms with van der Waals surface area (Å²) >= 11 is 0. The first-order chi connectivity index (χ1) is 8.02. The molecule has 92 valence electrons. The van der Waals surface area contributed by atoms with E-state index in [9.17, 15) is 9.18 Å². The largest absolute Gasteiger partial charge is 0.396 e. The fourth-order valence-corrected chi connectivity index (χ4v) is 2.36. The number of hydrogen-bond donors (Lipinski definition) is 2. The molecule has 0 bridgehead atoms. The molecule has 0 atom stereocenters. The van der Waals surface area contributed by atoms with E-state index in [4.69, 9.17) is 5.73 Å². The third-order valence-electron chi connectivity index (χ3n) is 3.42. The Hall–Kier alpha value is -1.58. The number of nitrogen functional groups attached to an aromatic ring is 1. The van der Waals surface area contributed by atoms with Crippen LogP contribution in [0.15, 0.2) is 18.2 Å². The number of hydrogen-bond acceptors (Lipinski definition) is 2. The number of anilines is 1. The maximum absolute atomic E-state index is 13.2. The molecule has 4 heteroatoms. The second kappa shape index (κ2) is 4.35. The highest BCUT2D eigenvalue weighted by molar-refractivity contribution is 5.99. The number of halogens is 1. The first-order valence-corrected chi connectivity index (χ1v) is 5.88. The maximum Gasteiger partial charge on any atom is 0.253 e. The number of nitrogens with one attached hydrogen (secondary N) is 1. The van der Waals surface area contributed by atoms with Gasteiger partial charge in [0.15, 0.2) is 0 Å². The third-order valence-corrected chi connectivity index (χ3v) is 3.42. The second-order valence-corrected chi connectivity index (χ2v) is 4.92. The number of amides is 1. The van der Waals surface area contributed by atoms with Gasteiger partial charge in [-0.3, -0.25) is 4.79 Å². The van der Waals surface area contributed by atoms with Gasteiger partial charge in [-0.2, -0.15) is 0 Å². The molecule has 0 radical (unpaired) electrons. The minimum atomic E-state index is -0.547. The average molecular weight is 236 g/mol. The van der Waals surface area contributed by atoms with Crippen LogP contribution in [0.3, 0.4) is 0 Å². The van der Waals surface area contributed by atoms with E-state index in [1.165, 1.54) is 12.1 Å². The van der Waals surface area contributed by atoms with Crippen LogP contribution in [-0.2, 0) is 0 Å². The summed E-state index contributed by atoms with van der Waals surface area (Å²) in [4.78, 5) is 12.0. The number of rotatable bonds is 2. The summed E-state index contributed by atoms with van der Waals surface area (Å²) in [7, 11) is 0. The van der Waals surface area contributed by atoms with E-state index in [-0.39, 0.29) is 22.7 Å². The zero-order chi connectivity index (χ0) is 12.5. The lowest BCUT2D eigenvalue weighted by molar-refractivity contribution is 0.0908. The lowest BCUT2D eigenvalue weighted by Crippen LogP contribution is -2.43. The number of carbonyl (C=O) groups excluding carboxylic acids is 1. The minimum Gasteiger partial charge on any atom is -0.396 e. The van der Waals surface area contributed by atoms with E-state index < -0.39 is 5.82 Å². The molecule has 0 heterocycles. The quantitative estimate of drug-likeness (QED) is 0.775. The van der Waals surface area contributed by atoms with Gasteiger partial charge in [0.05, 0.1) is 11.3 Å². The molecule has 2 rings (SSSR count). The normalized spacial score (nSPS) is 18.0. The Morgan fingerprint density at radius 3 is 2.71 bits per heavy atom. The zero-order valence-corrected chi connectivity index (χ0v) is 9.92. The molecule has 1 aromatic rings. The molecule has 1 amide bonds. The molecule has 1 aliphatic rings. The van der Waals surface area contributed by atoms with Crippen molar-refractivity contribution in [2.75, 3.05) is 5.73 Å². The topological polar surface area (TPSA) is 55.1 Å². The van der Waals surface area contributed by atoms with Gasteiger partial charge in [-0.15, -0.1) is 0 Å². The van der Waals surface area contributed by atoms with Crippen LogP contribution < -0.4 is 11.1 Å². The summed E-state index contributed by atoms with van der Waals surface area (Å²) in [5.74, 6) is -0.833. The number of carbonyl (C=O) groups is 1. The molecule has 0 spiro atoms. The van der Waals surface area contributed by atoms with E-state index in [1.54, 1.807) is 6.07 Å². The molecule has 1 fully saturated rings. The van der Waals surface area contributed by atoms with E-state index >= 15 is 0 Å². The van der Waals surface area contributed by atoms with Crippen molar-refractivity contribution < 1.29 is 9.18 Å². The van der Waals surface area contributed by atoms with Crippen LogP contribution in [-0.4, -0.2) is 11.4 Å². The Morgan fingerprint density at radius 1 is 1.41 bits per heavy atom. The van der Waals surface area contributed by atoms with Crippen LogP contribution in [0.5, 0.6) is 0 Å². The maximum atomic E-state index is 13.2. The first-order valence-electron chi connectivity index (χ1n) is 5.88. The zero-order valence-electron chi connectivity index (χ0n) is 9.92. The Kier molecular flexibility index (Phi) is 3.05. The molecule has 3 N–H and O–H groups in total. The van der Waals surface area contributed by atoms with E-state index in [0.29, 0.717) is 0 Å². The Labute approximate surface area is 100 Å². The van der Waals surface area contributed by atoms with Crippen molar-refractivity contribution in [1.29, 1.82) is 0 Å². The Morgan fingerprint density at radius 2 is 2.06 bits per heavy atom. The summed E-state index contributed by atoms with van der Waals surface area (Å²) in [5.41, 5.74) is 5.54. The van der Waals surface area contributed by atoms with Crippen LogP contribution in [0.1, 0.15) is 43.0 Å². The molecule has 1 saturated carbocycles. The summed E-state index contributed by atoms with van der Waals surface area (Å²) in [6.07, 6.45) is 4.17. The summed E-state index contributed by atoms with van der Waals surface area (Å²) in [6.45, 7) is 2.02. The van der Waals surface area contributed by atoms with Crippen molar-refractivity contribution in [3.8, 4) is 0 Å². The highest BCUT2D eigenvalue weighted by Crippen LogP contribution is 2.29. The molecule has 0 saturated heterocycles. The predicted octanol–water partition coefficient (Wildman–Crippen LogP) is 2.47. The van der Waals surface area contributed by atoms with Gasteiger partial charge >= 0.3 is 0 Å². The van der Waals surface area contributed by atoms with Crippen molar-refractivity contribution in [2.45, 2.75) is 38.1 Å². The van der Waals surface area contributed by atoms with Gasteiger partial charge in [-0.05, 0) is 31.9 Å². The lowest BCUT2D eigenvalue weighted by Gasteiger charge is -2.25. The Balaban J connectivity index is 2.17. The van der Waals surface area contributed by atoms with E-state index in [2.05, 4.69) is 5.32 Å². The van der Waals surface area contributed by atoms with Crippen molar-refractivity contribution in [3.63, 3.8) is 0 Å². The molecule has 1 aliphatic carbocycles. The molecule has 0 aliphatic heterocycles. The van der Waals surface area contributed by atoms with Crippen LogP contribution in [0.25, 0.3) is 0 Å². The SMILES string of the molecule is CC1(NC(=O)c2cccc(F)c2N)CCCC1. The van der Waals surface area contributed by atoms with Gasteiger partial charge in [0, 0.05) is 5.54 Å². The van der Waals surface area contributed by atoms with Crippen molar-refractivity contribution in [2.24, 2.45) is 0 Å². The van der Waals surface area contributed by atoms with Crippen LogP contribution in [0, 0.1) is 5.82 Å². The summed E-state index contributed by atoms with van der Waals surface area (Å²) in [6, 6.07) is 4.30. The monoisotopic (exact) mass is 236 g/mol. The van der Waals surface area contributed by atoms with E-state index in [0.717, 1.165) is 25.7 Å². The van der Waals surface area contributed by atoms with Crippen LogP contribution >= 0.6 is 0 Å². The highest BCUT2D eigenvalue weighted by Gasteiger charge is 2.30. The van der Waals surface area contributed by atoms with E-state index in [1.807, 2.05) is 6.92 Å². The number of benzene rings is 1. The van der Waals surface area contributed by atoms with Crippen molar-refractivity contribution in [1.82, 2.24) is 5.32 Å². The number of nitrogens with two attached hydrogens (primary N) is 1. The van der Waals surface area contributed by atoms with Gasteiger partial charge in [0.1, 0.15) is 5.82 Å². The number of para-hydroxylation sites is 1. The fraction of sp³-hybridized carbons (Fsp3) is 0.462. The standard InChI is InChI=1S/C13H17FN2O/c1-13(7-2-3-8-13)16-12(17)9-5-4-6-10(14)11(9)15/h4-6H,2-3,7-8,15H2,1H3,(H,16,17). The molecular weight excluding hydrogens is 219 g/mol. The van der Waals surface area contributed by atoms with Crippen molar-refractivity contribution >= 4 is 11.6 Å². The van der Waals surface area contributed by atoms with Gasteiger partial charge < -0.3 is 11.1 Å². The average Bonchev–Trinajstić information content (AvgIpc) is 2.68. The molecule has 0 aromatic heterocycles. The molecule has 3 nitrogen and oxygen atoms in total. The third kappa shape index (κ3) is 2.40. The fourth-order valence-electron chi connectivity index (χ4n) is 2.36. The summed E-state index contributed by atoms with van der Waals surface area (Å²) in [5, 5.41) is 2.95. The first kappa shape index (κ1) is 11.9. The lowest BCUT2D eigenvalue weighted by atomic mass is 10.00. The Bertz CT molecular complexity index is 439. The van der Waals surface area contributed by atoms with Crippen LogP contribution in [0.4, 0.5) is 10.1 Å². The molecule has 17 heavy (non-hydrogen) atoms.